The molecule has 0 spiro atoms. The summed E-state index contributed by atoms with van der Waals surface area (Å²) in [5, 5.41) is 1.80. The Morgan fingerprint density at radius 1 is 1.28 bits per heavy atom. The van der Waals surface area contributed by atoms with Gasteiger partial charge in [0.1, 0.15) is 5.78 Å². The summed E-state index contributed by atoms with van der Waals surface area (Å²) in [5.41, 5.74) is 0. The lowest BCUT2D eigenvalue weighted by Crippen LogP contribution is -2.51. The predicted octanol–water partition coefficient (Wildman–Crippen LogP) is 2.38. The Hall–Kier alpha value is -0.660. The van der Waals surface area contributed by atoms with E-state index in [1.807, 2.05) is 0 Å². The summed E-state index contributed by atoms with van der Waals surface area (Å²) in [6.07, 6.45) is -4.26. The maximum Gasteiger partial charge on any atom is 0.383 e. The van der Waals surface area contributed by atoms with Gasteiger partial charge < -0.3 is 5.32 Å². The molecule has 106 valence electrons. The zero-order valence-corrected chi connectivity index (χ0v) is 11.4. The second kappa shape index (κ2) is 7.06. The van der Waals surface area contributed by atoms with Crippen LogP contribution >= 0.6 is 15.9 Å². The number of carbonyl (C=O) groups excluding carboxylic acids is 2. The van der Waals surface area contributed by atoms with Crippen LogP contribution in [0.25, 0.3) is 0 Å². The van der Waals surface area contributed by atoms with E-state index in [1.165, 1.54) is 0 Å². The summed E-state index contributed by atoms with van der Waals surface area (Å²) in [4.78, 5) is 22.2. The molecule has 1 atom stereocenters. The quantitative estimate of drug-likeness (QED) is 0.573. The Morgan fingerprint density at radius 2 is 1.78 bits per heavy atom. The molecular weight excluding hydrogens is 322 g/mol. The van der Waals surface area contributed by atoms with Crippen LogP contribution in [-0.2, 0) is 9.59 Å². The lowest BCUT2D eigenvalue weighted by Gasteiger charge is -2.24. The van der Waals surface area contributed by atoms with Gasteiger partial charge in [-0.15, -0.1) is 0 Å². The number of nitrogens with one attached hydrogen (secondary N) is 1. The highest BCUT2D eigenvalue weighted by molar-refractivity contribution is 9.09. The lowest BCUT2D eigenvalue weighted by atomic mass is 9.99. The minimum atomic E-state index is -4.75. The number of alkyl halides is 5. The summed E-state index contributed by atoms with van der Waals surface area (Å²) >= 11 is 2.89. The van der Waals surface area contributed by atoms with Gasteiger partial charge in [-0.05, 0) is 5.92 Å². The van der Waals surface area contributed by atoms with Crippen LogP contribution in [0.3, 0.4) is 0 Å². The minimum absolute atomic E-state index is 0.0112. The lowest BCUT2D eigenvalue weighted by molar-refractivity contribution is -0.170. The highest BCUT2D eigenvalue weighted by Gasteiger charge is 2.49. The molecule has 0 aliphatic rings. The monoisotopic (exact) mass is 335 g/mol. The molecule has 0 heterocycles. The number of amides is 1. The summed E-state index contributed by atoms with van der Waals surface area (Å²) in [6.45, 7) is 3.18. The van der Waals surface area contributed by atoms with Crippen LogP contribution in [-0.4, -0.2) is 35.4 Å². The number of carbonyl (C=O) groups is 2. The molecule has 0 bridgehead atoms. The maximum atomic E-state index is 12.7. The van der Waals surface area contributed by atoms with E-state index in [1.54, 1.807) is 19.2 Å². The van der Waals surface area contributed by atoms with Gasteiger partial charge in [0.05, 0.1) is 5.33 Å². The average Bonchev–Trinajstić information content (AvgIpc) is 2.27. The van der Waals surface area contributed by atoms with E-state index in [4.69, 9.17) is 0 Å². The maximum absolute atomic E-state index is 12.7. The smallest absolute Gasteiger partial charge is 0.347 e. The van der Waals surface area contributed by atoms with Gasteiger partial charge in [0.2, 0.25) is 0 Å². The van der Waals surface area contributed by atoms with Gasteiger partial charge in [-0.25, -0.2) is 8.78 Å². The first-order valence-corrected chi connectivity index (χ1v) is 6.29. The van der Waals surface area contributed by atoms with Crippen molar-refractivity contribution in [3.05, 3.63) is 0 Å². The first-order valence-electron chi connectivity index (χ1n) is 5.17. The molecule has 0 aromatic carbocycles. The molecule has 18 heavy (non-hydrogen) atoms. The molecule has 0 saturated heterocycles. The molecule has 1 unspecified atom stereocenters. The number of halogens is 5. The molecule has 3 nitrogen and oxygen atoms in total. The van der Waals surface area contributed by atoms with Gasteiger partial charge in [-0.3, -0.25) is 9.59 Å². The largest absolute Gasteiger partial charge is 0.383 e. The fourth-order valence-electron chi connectivity index (χ4n) is 1.12. The number of ketones is 1. The van der Waals surface area contributed by atoms with Crippen molar-refractivity contribution in [2.45, 2.75) is 38.7 Å². The van der Waals surface area contributed by atoms with E-state index >= 15 is 0 Å². The van der Waals surface area contributed by atoms with E-state index in [-0.39, 0.29) is 23.5 Å². The standard InChI is InChI=1S/C10H14BrF4NO2/c1-5(2)7(3-6(17)4-11)16-9(18)10(14,15)8(12)13/h5,7-8H,3-4H2,1-2H3,(H,16,18). The molecule has 0 aromatic rings. The summed E-state index contributed by atoms with van der Waals surface area (Å²) in [5.74, 6) is -7.44. The van der Waals surface area contributed by atoms with Crippen molar-refractivity contribution < 1.29 is 27.2 Å². The van der Waals surface area contributed by atoms with Gasteiger partial charge in [0, 0.05) is 12.5 Å². The fraction of sp³-hybridized carbons (Fsp3) is 0.800. The van der Waals surface area contributed by atoms with Crippen LogP contribution in [0.5, 0.6) is 0 Å². The van der Waals surface area contributed by atoms with E-state index in [0.29, 0.717) is 0 Å². The van der Waals surface area contributed by atoms with Crippen molar-refractivity contribution >= 4 is 27.6 Å². The van der Waals surface area contributed by atoms with E-state index in [9.17, 15) is 27.2 Å². The molecule has 1 amide bonds. The Labute approximate surface area is 110 Å². The van der Waals surface area contributed by atoms with Crippen LogP contribution in [0.1, 0.15) is 20.3 Å². The average molecular weight is 336 g/mol. The second-order valence-electron chi connectivity index (χ2n) is 4.12. The van der Waals surface area contributed by atoms with Crippen molar-refractivity contribution in [2.75, 3.05) is 5.33 Å². The zero-order chi connectivity index (χ0) is 14.5. The molecule has 0 rings (SSSR count). The first kappa shape index (κ1) is 17.3. The van der Waals surface area contributed by atoms with Crippen molar-refractivity contribution in [1.29, 1.82) is 0 Å². The van der Waals surface area contributed by atoms with Crippen molar-refractivity contribution in [1.82, 2.24) is 5.32 Å². The zero-order valence-electron chi connectivity index (χ0n) is 9.85. The minimum Gasteiger partial charge on any atom is -0.347 e. The SMILES string of the molecule is CC(C)C(CC(=O)CBr)NC(=O)C(F)(F)C(F)F. The van der Waals surface area contributed by atoms with Crippen LogP contribution < -0.4 is 5.32 Å². The normalized spacial score (nSPS) is 13.8. The molecule has 0 aliphatic carbocycles. The molecule has 0 radical (unpaired) electrons. The molecular formula is C10H14BrF4NO2. The third kappa shape index (κ3) is 4.91. The van der Waals surface area contributed by atoms with Crippen molar-refractivity contribution in [3.8, 4) is 0 Å². The van der Waals surface area contributed by atoms with Gasteiger partial charge in [0.25, 0.3) is 5.91 Å². The third-order valence-electron chi connectivity index (χ3n) is 2.29. The number of hydrogen-bond acceptors (Lipinski definition) is 2. The topological polar surface area (TPSA) is 46.2 Å². The Kier molecular flexibility index (Phi) is 6.80. The van der Waals surface area contributed by atoms with Crippen LogP contribution in [0.15, 0.2) is 0 Å². The van der Waals surface area contributed by atoms with Crippen molar-refractivity contribution in [3.63, 3.8) is 0 Å². The highest BCUT2D eigenvalue weighted by Crippen LogP contribution is 2.23. The second-order valence-corrected chi connectivity index (χ2v) is 4.68. The number of Topliss-reactive ketones (excluding diaryl/α,β-unsaturated/α-hetero) is 1. The summed E-state index contributed by atoms with van der Waals surface area (Å²) in [6, 6.07) is -0.896. The van der Waals surface area contributed by atoms with Crippen LogP contribution in [0.2, 0.25) is 0 Å². The van der Waals surface area contributed by atoms with Gasteiger partial charge >= 0.3 is 12.3 Å². The Balaban J connectivity index is 4.70. The van der Waals surface area contributed by atoms with E-state index in [0.717, 1.165) is 0 Å². The summed E-state index contributed by atoms with van der Waals surface area (Å²) in [7, 11) is 0. The Bertz CT molecular complexity index is 310. The summed E-state index contributed by atoms with van der Waals surface area (Å²) < 4.78 is 49.4. The van der Waals surface area contributed by atoms with Crippen LogP contribution in [0.4, 0.5) is 17.6 Å². The number of hydrogen-bond donors (Lipinski definition) is 1. The predicted molar refractivity (Wildman–Crippen MR) is 61.1 cm³/mol. The molecule has 0 aromatic heterocycles. The molecule has 1 N–H and O–H groups in total. The molecule has 0 saturated carbocycles. The highest BCUT2D eigenvalue weighted by atomic mass is 79.9. The van der Waals surface area contributed by atoms with Crippen LogP contribution in [0, 0.1) is 5.92 Å². The van der Waals surface area contributed by atoms with Crippen molar-refractivity contribution in [2.24, 2.45) is 5.92 Å². The molecule has 0 fully saturated rings. The van der Waals surface area contributed by atoms with Gasteiger partial charge in [0.15, 0.2) is 0 Å². The van der Waals surface area contributed by atoms with Gasteiger partial charge in [-0.2, -0.15) is 8.78 Å². The molecule has 0 aliphatic heterocycles. The third-order valence-corrected chi connectivity index (χ3v) is 2.92. The van der Waals surface area contributed by atoms with E-state index in [2.05, 4.69) is 15.9 Å². The van der Waals surface area contributed by atoms with E-state index < -0.39 is 24.3 Å². The Morgan fingerprint density at radius 3 is 2.11 bits per heavy atom. The van der Waals surface area contributed by atoms with Gasteiger partial charge in [-0.1, -0.05) is 29.8 Å². The first-order chi connectivity index (χ1) is 8.12. The number of rotatable bonds is 7. The molecule has 8 heteroatoms. The fourth-order valence-corrected chi connectivity index (χ4v) is 1.35.